The summed E-state index contributed by atoms with van der Waals surface area (Å²) in [5.41, 5.74) is 0.984. The number of aliphatic hydroxyl groups is 1. The molecule has 66 valence electrons. The monoisotopic (exact) mass is 182 g/mol. The predicted octanol–water partition coefficient (Wildman–Crippen LogP) is 2.82. The summed E-state index contributed by atoms with van der Waals surface area (Å²) < 4.78 is 0. The molecule has 1 rings (SSSR count). The standard InChI is InChI=1S/C10H14OS/c1-3-10(11)12-9-6-4-8(2)5-7-9/h4-7,10-11H,3H2,1-2H3/t10-/m0/s1. The minimum Gasteiger partial charge on any atom is -0.382 e. The van der Waals surface area contributed by atoms with E-state index in [1.54, 1.807) is 0 Å². The van der Waals surface area contributed by atoms with E-state index in [1.807, 2.05) is 19.1 Å². The molecule has 0 unspecified atom stereocenters. The summed E-state index contributed by atoms with van der Waals surface area (Å²) in [6.45, 7) is 4.04. The molecule has 0 radical (unpaired) electrons. The third kappa shape index (κ3) is 2.88. The summed E-state index contributed by atoms with van der Waals surface area (Å²) in [7, 11) is 0. The third-order valence-corrected chi connectivity index (χ3v) is 2.79. The van der Waals surface area contributed by atoms with Crippen molar-refractivity contribution in [2.75, 3.05) is 0 Å². The van der Waals surface area contributed by atoms with Gasteiger partial charge in [0.2, 0.25) is 0 Å². The first kappa shape index (κ1) is 9.62. The van der Waals surface area contributed by atoms with Crippen molar-refractivity contribution in [3.8, 4) is 0 Å². The summed E-state index contributed by atoms with van der Waals surface area (Å²) in [5.74, 6) is 0. The summed E-state index contributed by atoms with van der Waals surface area (Å²) in [6.07, 6.45) is 0.790. The molecule has 0 aromatic heterocycles. The average Bonchev–Trinajstić information content (AvgIpc) is 2.09. The van der Waals surface area contributed by atoms with Crippen molar-refractivity contribution >= 4 is 11.8 Å². The topological polar surface area (TPSA) is 20.2 Å². The maximum Gasteiger partial charge on any atom is 0.104 e. The number of aryl methyl sites for hydroxylation is 1. The minimum atomic E-state index is -0.271. The van der Waals surface area contributed by atoms with Gasteiger partial charge in [-0.25, -0.2) is 0 Å². The van der Waals surface area contributed by atoms with Gasteiger partial charge >= 0.3 is 0 Å². The van der Waals surface area contributed by atoms with Crippen LogP contribution < -0.4 is 0 Å². The maximum atomic E-state index is 9.34. The van der Waals surface area contributed by atoms with E-state index in [4.69, 9.17) is 0 Å². The number of hydrogen-bond acceptors (Lipinski definition) is 2. The normalized spacial score (nSPS) is 12.9. The van der Waals surface area contributed by atoms with Crippen molar-refractivity contribution in [1.29, 1.82) is 0 Å². The lowest BCUT2D eigenvalue weighted by molar-refractivity contribution is 0.259. The molecule has 1 aromatic carbocycles. The SMILES string of the molecule is CC[C@@H](O)Sc1ccc(C)cc1. The second kappa shape index (κ2) is 4.53. The zero-order chi connectivity index (χ0) is 8.97. The fourth-order valence-electron chi connectivity index (χ4n) is 0.857. The minimum absolute atomic E-state index is 0.271. The van der Waals surface area contributed by atoms with Gasteiger partial charge in [0, 0.05) is 4.90 Å². The van der Waals surface area contributed by atoms with Gasteiger partial charge in [-0.15, -0.1) is 0 Å². The number of hydrogen-bond donors (Lipinski definition) is 1. The van der Waals surface area contributed by atoms with E-state index in [0.29, 0.717) is 0 Å². The second-order valence-corrected chi connectivity index (χ2v) is 4.05. The molecule has 0 bridgehead atoms. The van der Waals surface area contributed by atoms with Crippen LogP contribution in [0, 0.1) is 6.92 Å². The number of benzene rings is 1. The van der Waals surface area contributed by atoms with Gasteiger partial charge in [-0.2, -0.15) is 0 Å². The Morgan fingerprint density at radius 1 is 1.33 bits per heavy atom. The van der Waals surface area contributed by atoms with Crippen LogP contribution in [0.4, 0.5) is 0 Å². The number of thioether (sulfide) groups is 1. The summed E-state index contributed by atoms with van der Waals surface area (Å²) >= 11 is 1.51. The van der Waals surface area contributed by atoms with Gasteiger partial charge in [-0.05, 0) is 25.5 Å². The van der Waals surface area contributed by atoms with Gasteiger partial charge in [0.25, 0.3) is 0 Å². The van der Waals surface area contributed by atoms with Crippen LogP contribution in [0.3, 0.4) is 0 Å². The Hall–Kier alpha value is -0.470. The Kier molecular flexibility index (Phi) is 3.63. The van der Waals surface area contributed by atoms with Gasteiger partial charge in [0.15, 0.2) is 0 Å². The molecular formula is C10H14OS. The van der Waals surface area contributed by atoms with Crippen LogP contribution in [0.2, 0.25) is 0 Å². The zero-order valence-corrected chi connectivity index (χ0v) is 8.27. The largest absolute Gasteiger partial charge is 0.382 e. The second-order valence-electron chi connectivity index (χ2n) is 2.79. The highest BCUT2D eigenvalue weighted by molar-refractivity contribution is 7.99. The molecular weight excluding hydrogens is 168 g/mol. The number of aliphatic hydroxyl groups excluding tert-OH is 1. The van der Waals surface area contributed by atoms with E-state index in [9.17, 15) is 5.11 Å². The Morgan fingerprint density at radius 3 is 2.42 bits per heavy atom. The van der Waals surface area contributed by atoms with E-state index in [0.717, 1.165) is 11.3 Å². The maximum absolute atomic E-state index is 9.34. The van der Waals surface area contributed by atoms with Crippen LogP contribution in [0.25, 0.3) is 0 Å². The lowest BCUT2D eigenvalue weighted by atomic mass is 10.2. The predicted molar refractivity (Wildman–Crippen MR) is 53.3 cm³/mol. The van der Waals surface area contributed by atoms with Crippen LogP contribution in [0.1, 0.15) is 18.9 Å². The lowest BCUT2D eigenvalue weighted by Crippen LogP contribution is -1.96. The molecule has 12 heavy (non-hydrogen) atoms. The quantitative estimate of drug-likeness (QED) is 0.573. The molecule has 2 heteroatoms. The smallest absolute Gasteiger partial charge is 0.104 e. The summed E-state index contributed by atoms with van der Waals surface area (Å²) in [5, 5.41) is 9.34. The molecule has 0 saturated carbocycles. The molecule has 0 saturated heterocycles. The first-order valence-corrected chi connectivity index (χ1v) is 5.01. The van der Waals surface area contributed by atoms with E-state index in [1.165, 1.54) is 17.3 Å². The number of rotatable bonds is 3. The van der Waals surface area contributed by atoms with Crippen LogP contribution >= 0.6 is 11.8 Å². The van der Waals surface area contributed by atoms with Gasteiger partial charge < -0.3 is 5.11 Å². The molecule has 0 heterocycles. The first-order chi connectivity index (χ1) is 5.72. The molecule has 1 aromatic rings. The van der Waals surface area contributed by atoms with Crippen molar-refractivity contribution in [2.45, 2.75) is 30.6 Å². The Labute approximate surface area is 77.8 Å². The van der Waals surface area contributed by atoms with Crippen LogP contribution in [0.5, 0.6) is 0 Å². The third-order valence-electron chi connectivity index (χ3n) is 1.64. The molecule has 0 amide bonds. The fourth-order valence-corrected chi connectivity index (χ4v) is 1.63. The van der Waals surface area contributed by atoms with Crippen molar-refractivity contribution in [3.05, 3.63) is 29.8 Å². The fraction of sp³-hybridized carbons (Fsp3) is 0.400. The molecule has 1 N–H and O–H groups in total. The van der Waals surface area contributed by atoms with Crippen LogP contribution in [-0.2, 0) is 0 Å². The average molecular weight is 182 g/mol. The molecule has 0 spiro atoms. The Morgan fingerprint density at radius 2 is 1.92 bits per heavy atom. The van der Waals surface area contributed by atoms with Crippen molar-refractivity contribution in [2.24, 2.45) is 0 Å². The van der Waals surface area contributed by atoms with E-state index in [2.05, 4.69) is 19.1 Å². The summed E-state index contributed by atoms with van der Waals surface area (Å²) in [6, 6.07) is 8.20. The first-order valence-electron chi connectivity index (χ1n) is 4.13. The molecule has 0 aliphatic heterocycles. The highest BCUT2D eigenvalue weighted by Gasteiger charge is 2.01. The van der Waals surface area contributed by atoms with E-state index < -0.39 is 0 Å². The molecule has 0 aliphatic rings. The van der Waals surface area contributed by atoms with Gasteiger partial charge in [0.1, 0.15) is 5.44 Å². The van der Waals surface area contributed by atoms with E-state index >= 15 is 0 Å². The van der Waals surface area contributed by atoms with Crippen molar-refractivity contribution in [3.63, 3.8) is 0 Å². The molecule has 1 atom stereocenters. The van der Waals surface area contributed by atoms with Crippen molar-refractivity contribution in [1.82, 2.24) is 0 Å². The molecule has 0 fully saturated rings. The Balaban J connectivity index is 2.58. The van der Waals surface area contributed by atoms with Gasteiger partial charge in [0.05, 0.1) is 0 Å². The van der Waals surface area contributed by atoms with Crippen LogP contribution in [-0.4, -0.2) is 10.5 Å². The van der Waals surface area contributed by atoms with Gasteiger partial charge in [-0.3, -0.25) is 0 Å². The highest BCUT2D eigenvalue weighted by Crippen LogP contribution is 2.23. The zero-order valence-electron chi connectivity index (χ0n) is 7.45. The summed E-state index contributed by atoms with van der Waals surface area (Å²) in [4.78, 5) is 1.13. The van der Waals surface area contributed by atoms with Crippen molar-refractivity contribution < 1.29 is 5.11 Å². The van der Waals surface area contributed by atoms with E-state index in [-0.39, 0.29) is 5.44 Å². The highest BCUT2D eigenvalue weighted by atomic mass is 32.2. The Bertz CT molecular complexity index is 230. The molecule has 1 nitrogen and oxygen atoms in total. The lowest BCUT2D eigenvalue weighted by Gasteiger charge is -2.06. The van der Waals surface area contributed by atoms with Crippen LogP contribution in [0.15, 0.2) is 29.2 Å². The van der Waals surface area contributed by atoms with Gasteiger partial charge in [-0.1, -0.05) is 36.4 Å². The molecule has 0 aliphatic carbocycles.